The Morgan fingerprint density at radius 3 is 2.56 bits per heavy atom. The number of carbonyl (C=O) groups is 1. The molecular formula is C12H19F3O2S. The highest BCUT2D eigenvalue weighted by molar-refractivity contribution is 8.00. The summed E-state index contributed by atoms with van der Waals surface area (Å²) in [6, 6.07) is 0. The Hall–Kier alpha value is -0.390. The lowest BCUT2D eigenvalue weighted by Gasteiger charge is -2.33. The average molecular weight is 284 g/mol. The van der Waals surface area contributed by atoms with Crippen molar-refractivity contribution in [3.05, 3.63) is 0 Å². The topological polar surface area (TPSA) is 37.3 Å². The van der Waals surface area contributed by atoms with Crippen molar-refractivity contribution in [3.8, 4) is 0 Å². The predicted molar refractivity (Wildman–Crippen MR) is 65.4 cm³/mol. The van der Waals surface area contributed by atoms with Gasteiger partial charge in [-0.2, -0.15) is 13.2 Å². The number of alkyl halides is 3. The van der Waals surface area contributed by atoms with E-state index in [9.17, 15) is 18.0 Å². The summed E-state index contributed by atoms with van der Waals surface area (Å²) in [5.74, 6) is -0.972. The average Bonchev–Trinajstić information content (AvgIpc) is 2.26. The van der Waals surface area contributed by atoms with Gasteiger partial charge < -0.3 is 5.11 Å². The molecule has 0 aromatic carbocycles. The van der Waals surface area contributed by atoms with E-state index in [0.717, 1.165) is 19.3 Å². The third-order valence-corrected chi connectivity index (χ3v) is 4.51. The molecule has 1 aliphatic rings. The fraction of sp³-hybridized carbons (Fsp3) is 0.917. The van der Waals surface area contributed by atoms with Gasteiger partial charge in [-0.3, -0.25) is 4.79 Å². The maximum Gasteiger partial charge on any atom is 0.441 e. The van der Waals surface area contributed by atoms with Crippen molar-refractivity contribution in [3.63, 3.8) is 0 Å². The Morgan fingerprint density at radius 2 is 2.06 bits per heavy atom. The van der Waals surface area contributed by atoms with Crippen molar-refractivity contribution in [2.75, 3.05) is 5.75 Å². The minimum absolute atomic E-state index is 0.0334. The van der Waals surface area contributed by atoms with Crippen LogP contribution in [0, 0.1) is 17.8 Å². The molecule has 2 nitrogen and oxygen atoms in total. The Kier molecular flexibility index (Phi) is 5.82. The minimum atomic E-state index is -4.21. The van der Waals surface area contributed by atoms with Crippen LogP contribution in [-0.4, -0.2) is 22.3 Å². The molecule has 1 rings (SSSR count). The van der Waals surface area contributed by atoms with Gasteiger partial charge in [0.15, 0.2) is 0 Å². The van der Waals surface area contributed by atoms with Gasteiger partial charge in [-0.1, -0.05) is 25.1 Å². The molecule has 3 atom stereocenters. The van der Waals surface area contributed by atoms with Gasteiger partial charge in [0, 0.05) is 5.75 Å². The molecule has 1 aliphatic carbocycles. The first-order valence-electron chi connectivity index (χ1n) is 6.27. The lowest BCUT2D eigenvalue weighted by atomic mass is 9.72. The monoisotopic (exact) mass is 284 g/mol. The Morgan fingerprint density at radius 1 is 1.39 bits per heavy atom. The molecule has 0 bridgehead atoms. The van der Waals surface area contributed by atoms with Crippen LogP contribution in [0.1, 0.15) is 39.0 Å². The molecule has 3 unspecified atom stereocenters. The molecule has 0 spiro atoms. The van der Waals surface area contributed by atoms with Gasteiger partial charge in [0.1, 0.15) is 0 Å². The second-order valence-corrected chi connectivity index (χ2v) is 6.03. The van der Waals surface area contributed by atoms with Gasteiger partial charge in [0.05, 0.1) is 5.92 Å². The number of carboxylic acids is 1. The zero-order chi connectivity index (χ0) is 13.8. The molecule has 0 radical (unpaired) electrons. The van der Waals surface area contributed by atoms with Gasteiger partial charge >= 0.3 is 11.5 Å². The van der Waals surface area contributed by atoms with Crippen LogP contribution in [0.2, 0.25) is 0 Å². The smallest absolute Gasteiger partial charge is 0.441 e. The molecule has 1 fully saturated rings. The predicted octanol–water partition coefficient (Wildman–Crippen LogP) is 4.16. The van der Waals surface area contributed by atoms with Crippen LogP contribution in [0.4, 0.5) is 13.2 Å². The van der Waals surface area contributed by atoms with E-state index in [1.54, 1.807) is 0 Å². The lowest BCUT2D eigenvalue weighted by Crippen LogP contribution is -2.31. The van der Waals surface area contributed by atoms with Crippen molar-refractivity contribution in [1.29, 1.82) is 0 Å². The largest absolute Gasteiger partial charge is 0.481 e. The molecule has 18 heavy (non-hydrogen) atoms. The van der Waals surface area contributed by atoms with Gasteiger partial charge in [-0.25, -0.2) is 0 Å². The lowest BCUT2D eigenvalue weighted by molar-refractivity contribution is -0.145. The molecule has 106 valence electrons. The number of rotatable bonds is 5. The molecule has 1 saturated carbocycles. The number of halogens is 3. The van der Waals surface area contributed by atoms with Crippen molar-refractivity contribution < 1.29 is 23.1 Å². The van der Waals surface area contributed by atoms with Gasteiger partial charge in [-0.15, -0.1) is 0 Å². The van der Waals surface area contributed by atoms with E-state index < -0.39 is 17.4 Å². The molecule has 6 heteroatoms. The number of hydrogen-bond donors (Lipinski definition) is 1. The number of hydrogen-bond acceptors (Lipinski definition) is 2. The molecule has 0 saturated heterocycles. The number of thioether (sulfide) groups is 1. The zero-order valence-electron chi connectivity index (χ0n) is 10.4. The minimum Gasteiger partial charge on any atom is -0.481 e. The van der Waals surface area contributed by atoms with Crippen molar-refractivity contribution in [2.45, 2.75) is 44.5 Å². The first-order valence-corrected chi connectivity index (χ1v) is 7.25. The fourth-order valence-corrected chi connectivity index (χ4v) is 3.35. The second kappa shape index (κ2) is 6.68. The van der Waals surface area contributed by atoms with Crippen molar-refractivity contribution in [2.24, 2.45) is 17.8 Å². The first kappa shape index (κ1) is 15.7. The van der Waals surface area contributed by atoms with Crippen LogP contribution in [0.25, 0.3) is 0 Å². The number of aliphatic carboxylic acids is 1. The molecule has 1 N–H and O–H groups in total. The quantitative estimate of drug-likeness (QED) is 0.823. The summed E-state index contributed by atoms with van der Waals surface area (Å²) in [4.78, 5) is 11.1. The molecule has 0 aliphatic heterocycles. The normalized spacial score (nSPS) is 29.2. The van der Waals surface area contributed by atoms with E-state index in [4.69, 9.17) is 5.11 Å². The maximum absolute atomic E-state index is 12.1. The number of carboxylic acid groups (broad SMARTS) is 1. The SMILES string of the molecule is CCC1CCC(C(=O)O)C(CCSC(F)(F)F)C1. The van der Waals surface area contributed by atoms with E-state index in [1.807, 2.05) is 6.92 Å². The summed E-state index contributed by atoms with van der Waals surface area (Å²) < 4.78 is 36.2. The molecule has 0 aromatic rings. The van der Waals surface area contributed by atoms with Gasteiger partial charge in [-0.05, 0) is 37.5 Å². The Bertz CT molecular complexity index is 281. The van der Waals surface area contributed by atoms with Crippen LogP contribution in [0.15, 0.2) is 0 Å². The third-order valence-electron chi connectivity index (χ3n) is 3.74. The van der Waals surface area contributed by atoms with Crippen LogP contribution < -0.4 is 0 Å². The Labute approximate surface area is 109 Å². The summed E-state index contributed by atoms with van der Waals surface area (Å²) in [5.41, 5.74) is -4.21. The highest BCUT2D eigenvalue weighted by atomic mass is 32.2. The van der Waals surface area contributed by atoms with Gasteiger partial charge in [0.25, 0.3) is 0 Å². The third kappa shape index (κ3) is 5.08. The zero-order valence-corrected chi connectivity index (χ0v) is 11.2. The second-order valence-electron chi connectivity index (χ2n) is 4.88. The Balaban J connectivity index is 2.48. The van der Waals surface area contributed by atoms with E-state index >= 15 is 0 Å². The van der Waals surface area contributed by atoms with E-state index in [2.05, 4.69) is 0 Å². The highest BCUT2D eigenvalue weighted by Crippen LogP contribution is 2.39. The molecular weight excluding hydrogens is 265 g/mol. The molecule has 0 amide bonds. The summed E-state index contributed by atoms with van der Waals surface area (Å²) >= 11 is -0.0431. The molecule has 0 aromatic heterocycles. The fourth-order valence-electron chi connectivity index (χ4n) is 2.70. The summed E-state index contributed by atoms with van der Waals surface area (Å²) in [6.07, 6.45) is 3.57. The van der Waals surface area contributed by atoms with E-state index in [1.165, 1.54) is 0 Å². The van der Waals surface area contributed by atoms with Crippen LogP contribution in [0.3, 0.4) is 0 Å². The maximum atomic E-state index is 12.1. The molecule has 0 heterocycles. The summed E-state index contributed by atoms with van der Waals surface area (Å²) in [7, 11) is 0. The first-order chi connectivity index (χ1) is 8.33. The van der Waals surface area contributed by atoms with E-state index in [0.29, 0.717) is 18.8 Å². The van der Waals surface area contributed by atoms with Gasteiger partial charge in [0.2, 0.25) is 0 Å². The van der Waals surface area contributed by atoms with Crippen molar-refractivity contribution in [1.82, 2.24) is 0 Å². The highest BCUT2D eigenvalue weighted by Gasteiger charge is 2.35. The van der Waals surface area contributed by atoms with Crippen molar-refractivity contribution >= 4 is 17.7 Å². The van der Waals surface area contributed by atoms with Crippen LogP contribution in [0.5, 0.6) is 0 Å². The van der Waals surface area contributed by atoms with E-state index in [-0.39, 0.29) is 23.4 Å². The standard InChI is InChI=1S/C12H19F3O2S/c1-2-8-3-4-10(11(16)17)9(7-8)5-6-18-12(13,14)15/h8-10H,2-7H2,1H3,(H,16,17). The summed E-state index contributed by atoms with van der Waals surface area (Å²) in [6.45, 7) is 2.05. The summed E-state index contributed by atoms with van der Waals surface area (Å²) in [5, 5.41) is 9.10. The van der Waals surface area contributed by atoms with Crippen LogP contribution >= 0.6 is 11.8 Å². The van der Waals surface area contributed by atoms with Crippen LogP contribution in [-0.2, 0) is 4.79 Å².